The molecular weight excluding hydrogens is 415 g/mol. The van der Waals surface area contributed by atoms with E-state index >= 15 is 0 Å². The Morgan fingerprint density at radius 1 is 1.24 bits per heavy atom. The van der Waals surface area contributed by atoms with E-state index in [-0.39, 0.29) is 16.4 Å². The Morgan fingerprint density at radius 3 is 2.72 bits per heavy atom. The molecule has 1 heterocycles. The number of nitrogens with one attached hydrogen (secondary N) is 2. The second-order valence-electron chi connectivity index (χ2n) is 5.11. The summed E-state index contributed by atoms with van der Waals surface area (Å²) in [6.45, 7) is -0.569. The molecule has 1 aromatic heterocycles. The first-order valence-electron chi connectivity index (χ1n) is 7.14. The monoisotopic (exact) mass is 424 g/mol. The van der Waals surface area contributed by atoms with Gasteiger partial charge in [-0.05, 0) is 24.3 Å². The van der Waals surface area contributed by atoms with Crippen molar-refractivity contribution in [1.82, 2.24) is 4.98 Å². The third-order valence-electron chi connectivity index (χ3n) is 3.39. The van der Waals surface area contributed by atoms with E-state index in [1.54, 1.807) is 30.3 Å². The minimum absolute atomic E-state index is 0.00658. The maximum absolute atomic E-state index is 13.7. The Kier molecular flexibility index (Phi) is 5.06. The molecule has 25 heavy (non-hydrogen) atoms. The second kappa shape index (κ2) is 7.25. The van der Waals surface area contributed by atoms with Gasteiger partial charge in [0.05, 0.1) is 10.7 Å². The van der Waals surface area contributed by atoms with Crippen LogP contribution in [0.3, 0.4) is 0 Å². The number of halogens is 3. The fourth-order valence-corrected chi connectivity index (χ4v) is 2.85. The molecule has 0 atom stereocenters. The maximum atomic E-state index is 13.7. The normalized spacial score (nSPS) is 10.7. The molecule has 2 aromatic carbocycles. The van der Waals surface area contributed by atoms with Gasteiger partial charge in [0.25, 0.3) is 5.91 Å². The summed E-state index contributed by atoms with van der Waals surface area (Å²) in [5, 5.41) is 3.23. The topological polar surface area (TPSA) is 71.2 Å². The van der Waals surface area contributed by atoms with Crippen LogP contribution >= 0.6 is 27.5 Å². The maximum Gasteiger partial charge on any atom is 0.356 e. The first kappa shape index (κ1) is 17.4. The van der Waals surface area contributed by atoms with Crippen molar-refractivity contribution in [3.63, 3.8) is 0 Å². The number of aromatic nitrogens is 1. The predicted molar refractivity (Wildman–Crippen MR) is 96.3 cm³/mol. The van der Waals surface area contributed by atoms with Crippen LogP contribution in [-0.2, 0) is 9.53 Å². The zero-order valence-corrected chi connectivity index (χ0v) is 14.9. The number of H-pyrrole nitrogens is 1. The Bertz CT molecular complexity index is 974. The van der Waals surface area contributed by atoms with Gasteiger partial charge in [0.15, 0.2) is 6.61 Å². The summed E-state index contributed by atoms with van der Waals surface area (Å²) in [4.78, 5) is 26.8. The Balaban J connectivity index is 1.65. The summed E-state index contributed by atoms with van der Waals surface area (Å²) in [5.74, 6) is -2.04. The van der Waals surface area contributed by atoms with Crippen LogP contribution in [0.15, 0.2) is 46.9 Å². The zero-order chi connectivity index (χ0) is 18.0. The predicted octanol–water partition coefficient (Wildman–Crippen LogP) is 4.52. The lowest BCUT2D eigenvalue weighted by atomic mass is 10.2. The van der Waals surface area contributed by atoms with Crippen LogP contribution in [0, 0.1) is 5.82 Å². The van der Waals surface area contributed by atoms with Crippen molar-refractivity contribution < 1.29 is 18.7 Å². The molecule has 0 saturated carbocycles. The summed E-state index contributed by atoms with van der Waals surface area (Å²) in [7, 11) is 0. The molecule has 3 aromatic rings. The van der Waals surface area contributed by atoms with Crippen LogP contribution < -0.4 is 5.32 Å². The van der Waals surface area contributed by atoms with Crippen molar-refractivity contribution in [3.8, 4) is 0 Å². The minimum Gasteiger partial charge on any atom is -0.451 e. The number of esters is 1. The molecule has 0 bridgehead atoms. The Hall–Kier alpha value is -2.38. The molecule has 1 amide bonds. The average molecular weight is 426 g/mol. The number of benzene rings is 2. The number of anilines is 1. The van der Waals surface area contributed by atoms with E-state index in [1.807, 2.05) is 0 Å². The fourth-order valence-electron chi connectivity index (χ4n) is 2.23. The van der Waals surface area contributed by atoms with E-state index in [0.717, 1.165) is 0 Å². The van der Waals surface area contributed by atoms with E-state index in [0.29, 0.717) is 15.4 Å². The van der Waals surface area contributed by atoms with Gasteiger partial charge in [0, 0.05) is 15.4 Å². The highest BCUT2D eigenvalue weighted by atomic mass is 79.9. The van der Waals surface area contributed by atoms with Crippen LogP contribution in [0.1, 0.15) is 10.5 Å². The van der Waals surface area contributed by atoms with Crippen molar-refractivity contribution in [2.24, 2.45) is 0 Å². The van der Waals surface area contributed by atoms with Crippen LogP contribution in [0.5, 0.6) is 0 Å². The van der Waals surface area contributed by atoms with Gasteiger partial charge < -0.3 is 15.0 Å². The van der Waals surface area contributed by atoms with Crippen LogP contribution in [0.4, 0.5) is 10.1 Å². The van der Waals surface area contributed by atoms with E-state index in [9.17, 15) is 14.0 Å². The van der Waals surface area contributed by atoms with Crippen molar-refractivity contribution in [1.29, 1.82) is 0 Å². The van der Waals surface area contributed by atoms with Gasteiger partial charge in [-0.25, -0.2) is 9.18 Å². The molecule has 0 aliphatic rings. The number of amides is 1. The molecule has 2 N–H and O–H groups in total. The summed E-state index contributed by atoms with van der Waals surface area (Å²) >= 11 is 9.27. The van der Waals surface area contributed by atoms with Crippen molar-refractivity contribution >= 4 is 56.0 Å². The molecular formula is C17H11BrClFN2O3. The van der Waals surface area contributed by atoms with E-state index < -0.39 is 24.3 Å². The lowest BCUT2D eigenvalue weighted by Gasteiger charge is -2.07. The number of hydrogen-bond acceptors (Lipinski definition) is 3. The molecule has 0 aliphatic heterocycles. The number of para-hydroxylation sites is 1. The number of ether oxygens (including phenoxy) is 1. The molecule has 3 rings (SSSR count). The van der Waals surface area contributed by atoms with Crippen molar-refractivity contribution in [3.05, 3.63) is 63.5 Å². The number of aromatic amines is 1. The number of carbonyl (C=O) groups excluding carboxylic acids is 2. The van der Waals surface area contributed by atoms with Gasteiger partial charge in [0.1, 0.15) is 11.5 Å². The standard InChI is InChI=1S/C17H11BrClFN2O3/c18-9-5-6-13(11(20)7-9)21-14(23)8-25-17(24)16-15(19)10-3-1-2-4-12(10)22-16/h1-7,22H,8H2,(H,21,23). The smallest absolute Gasteiger partial charge is 0.356 e. The first-order valence-corrected chi connectivity index (χ1v) is 8.31. The highest BCUT2D eigenvalue weighted by Gasteiger charge is 2.19. The van der Waals surface area contributed by atoms with E-state index in [4.69, 9.17) is 16.3 Å². The SMILES string of the molecule is O=C(COC(=O)c1[nH]c2ccccc2c1Cl)Nc1ccc(Br)cc1F. The summed E-state index contributed by atoms with van der Waals surface area (Å²) in [6.07, 6.45) is 0. The molecule has 0 unspecified atom stereocenters. The minimum atomic E-state index is -0.771. The summed E-state index contributed by atoms with van der Waals surface area (Å²) < 4.78 is 19.2. The average Bonchev–Trinajstić information content (AvgIpc) is 2.93. The van der Waals surface area contributed by atoms with Gasteiger partial charge in [-0.2, -0.15) is 0 Å². The molecule has 0 saturated heterocycles. The molecule has 8 heteroatoms. The van der Waals surface area contributed by atoms with Gasteiger partial charge in [0.2, 0.25) is 0 Å². The largest absolute Gasteiger partial charge is 0.451 e. The molecule has 128 valence electrons. The van der Waals surface area contributed by atoms with Crippen LogP contribution in [0.25, 0.3) is 10.9 Å². The van der Waals surface area contributed by atoms with Gasteiger partial charge in [-0.3, -0.25) is 4.79 Å². The molecule has 5 nitrogen and oxygen atoms in total. The number of carbonyl (C=O) groups is 2. The lowest BCUT2D eigenvalue weighted by molar-refractivity contribution is -0.119. The number of hydrogen-bond donors (Lipinski definition) is 2. The highest BCUT2D eigenvalue weighted by Crippen LogP contribution is 2.27. The van der Waals surface area contributed by atoms with Gasteiger partial charge in [-0.1, -0.05) is 45.7 Å². The van der Waals surface area contributed by atoms with E-state index in [2.05, 4.69) is 26.2 Å². The Labute approximate surface area is 155 Å². The van der Waals surface area contributed by atoms with Crippen LogP contribution in [0.2, 0.25) is 5.02 Å². The molecule has 0 radical (unpaired) electrons. The zero-order valence-electron chi connectivity index (χ0n) is 12.6. The molecule has 0 fully saturated rings. The fraction of sp³-hybridized carbons (Fsp3) is 0.0588. The third kappa shape index (κ3) is 3.83. The summed E-state index contributed by atoms with van der Waals surface area (Å²) in [6, 6.07) is 11.3. The van der Waals surface area contributed by atoms with Crippen molar-refractivity contribution in [2.75, 3.05) is 11.9 Å². The highest BCUT2D eigenvalue weighted by molar-refractivity contribution is 9.10. The Morgan fingerprint density at radius 2 is 2.00 bits per heavy atom. The third-order valence-corrected chi connectivity index (χ3v) is 4.27. The lowest BCUT2D eigenvalue weighted by Crippen LogP contribution is -2.21. The van der Waals surface area contributed by atoms with Crippen LogP contribution in [-0.4, -0.2) is 23.5 Å². The van der Waals surface area contributed by atoms with Crippen molar-refractivity contribution in [2.45, 2.75) is 0 Å². The molecule has 0 spiro atoms. The second-order valence-corrected chi connectivity index (χ2v) is 6.40. The van der Waals surface area contributed by atoms with Gasteiger partial charge >= 0.3 is 5.97 Å². The molecule has 0 aliphatic carbocycles. The number of fused-ring (bicyclic) bond motifs is 1. The van der Waals surface area contributed by atoms with E-state index in [1.165, 1.54) is 12.1 Å². The number of rotatable bonds is 4. The first-order chi connectivity index (χ1) is 12.0. The summed E-state index contributed by atoms with van der Waals surface area (Å²) in [5.41, 5.74) is 0.735. The van der Waals surface area contributed by atoms with Gasteiger partial charge in [-0.15, -0.1) is 0 Å². The quantitative estimate of drug-likeness (QED) is 0.604.